The van der Waals surface area contributed by atoms with Gasteiger partial charge in [0, 0.05) is 53.1 Å². The van der Waals surface area contributed by atoms with Gasteiger partial charge in [-0.1, -0.05) is 39.8 Å². The quantitative estimate of drug-likeness (QED) is 0.591. The van der Waals surface area contributed by atoms with E-state index >= 15 is 0 Å². The van der Waals surface area contributed by atoms with E-state index < -0.39 is 0 Å². The summed E-state index contributed by atoms with van der Waals surface area (Å²) < 4.78 is 7.60. The predicted octanol–water partition coefficient (Wildman–Crippen LogP) is 4.22. The van der Waals surface area contributed by atoms with Crippen molar-refractivity contribution in [3.8, 4) is 11.3 Å². The van der Waals surface area contributed by atoms with Crippen LogP contribution in [0.4, 0.5) is 5.69 Å². The van der Waals surface area contributed by atoms with E-state index in [1.165, 1.54) is 12.0 Å². The molecule has 3 aromatic rings. The number of anilines is 1. The third-order valence-corrected chi connectivity index (χ3v) is 6.24. The van der Waals surface area contributed by atoms with Gasteiger partial charge in [0.15, 0.2) is 5.65 Å². The van der Waals surface area contributed by atoms with E-state index in [9.17, 15) is 4.79 Å². The van der Waals surface area contributed by atoms with Crippen molar-refractivity contribution in [1.82, 2.24) is 24.5 Å². The average molecular weight is 473 g/mol. The number of aromatic nitrogens is 4. The van der Waals surface area contributed by atoms with Gasteiger partial charge in [0.1, 0.15) is 6.33 Å². The molecular formula is C27H32N6O2. The zero-order valence-corrected chi connectivity index (χ0v) is 20.7. The number of nitrogens with one attached hydrogen (secondary N) is 2. The number of fused-ring (bicyclic) bond motifs is 1. The SMILES string of the molecule is CC1(C)C=C(Nc2ccc(-c3cc[nH]c(=O)c3)n3ncnc23)C=CC(N2CCOCC(C)(C)C2)=C1. The Morgan fingerprint density at radius 2 is 1.97 bits per heavy atom. The van der Waals surface area contributed by atoms with E-state index in [2.05, 4.69) is 77.3 Å². The van der Waals surface area contributed by atoms with Crippen molar-refractivity contribution < 1.29 is 4.74 Å². The molecule has 35 heavy (non-hydrogen) atoms. The van der Waals surface area contributed by atoms with Crippen LogP contribution in [-0.4, -0.2) is 50.8 Å². The maximum Gasteiger partial charge on any atom is 0.248 e. The first kappa shape index (κ1) is 23.1. The summed E-state index contributed by atoms with van der Waals surface area (Å²) >= 11 is 0. The molecule has 0 unspecified atom stereocenters. The smallest absolute Gasteiger partial charge is 0.248 e. The van der Waals surface area contributed by atoms with E-state index in [1.54, 1.807) is 16.8 Å². The minimum Gasteiger partial charge on any atom is -0.379 e. The first-order chi connectivity index (χ1) is 16.7. The van der Waals surface area contributed by atoms with E-state index in [1.807, 2.05) is 18.2 Å². The summed E-state index contributed by atoms with van der Waals surface area (Å²) in [6, 6.07) is 7.35. The first-order valence-corrected chi connectivity index (χ1v) is 11.9. The molecule has 0 radical (unpaired) electrons. The fourth-order valence-electron chi connectivity index (χ4n) is 4.74. The Hall–Kier alpha value is -3.65. The molecule has 1 aliphatic heterocycles. The minimum absolute atomic E-state index is 0.0980. The molecule has 2 N–H and O–H groups in total. The molecule has 3 aromatic heterocycles. The van der Waals surface area contributed by atoms with Gasteiger partial charge in [0.05, 0.1) is 24.6 Å². The molecule has 0 amide bonds. The van der Waals surface area contributed by atoms with E-state index in [0.29, 0.717) is 5.65 Å². The van der Waals surface area contributed by atoms with Crippen molar-refractivity contribution in [2.75, 3.05) is 31.6 Å². The third kappa shape index (κ3) is 5.07. The first-order valence-electron chi connectivity index (χ1n) is 11.9. The second kappa shape index (κ2) is 8.85. The van der Waals surface area contributed by atoms with Gasteiger partial charge in [-0.15, -0.1) is 0 Å². The molecule has 1 saturated heterocycles. The van der Waals surface area contributed by atoms with Crippen LogP contribution in [0.3, 0.4) is 0 Å². The summed E-state index contributed by atoms with van der Waals surface area (Å²) in [5, 5.41) is 7.96. The molecule has 2 aliphatic rings. The standard InChI is InChI=1S/C27H32N6O2/c1-26(2)14-20(5-6-21(15-26)32-11-12-35-17-27(3,4)16-32)31-22-7-8-23(33-25(22)29-18-30-33)19-9-10-28-24(34)13-19/h5-10,13-15,18,31H,11-12,16-17H2,1-4H3,(H,28,34). The summed E-state index contributed by atoms with van der Waals surface area (Å²) in [6.07, 6.45) is 12.0. The molecule has 1 fully saturated rings. The van der Waals surface area contributed by atoms with Crippen LogP contribution >= 0.6 is 0 Å². The molecule has 1 aliphatic carbocycles. The molecule has 0 atom stereocenters. The monoisotopic (exact) mass is 472 g/mol. The number of H-pyrrole nitrogens is 1. The Balaban J connectivity index is 1.44. The van der Waals surface area contributed by atoms with Gasteiger partial charge in [-0.05, 0) is 30.4 Å². The molecule has 182 valence electrons. The van der Waals surface area contributed by atoms with Crippen molar-refractivity contribution in [1.29, 1.82) is 0 Å². The van der Waals surface area contributed by atoms with Crippen molar-refractivity contribution in [3.63, 3.8) is 0 Å². The van der Waals surface area contributed by atoms with Gasteiger partial charge in [-0.3, -0.25) is 4.79 Å². The fraction of sp³-hybridized carbons (Fsp3) is 0.370. The lowest BCUT2D eigenvalue weighted by Crippen LogP contribution is -2.34. The van der Waals surface area contributed by atoms with Crippen LogP contribution in [0.25, 0.3) is 16.9 Å². The highest BCUT2D eigenvalue weighted by atomic mass is 16.5. The number of nitrogens with zero attached hydrogens (tertiary/aromatic N) is 4. The van der Waals surface area contributed by atoms with Crippen LogP contribution in [0.15, 0.2) is 77.3 Å². The lowest BCUT2D eigenvalue weighted by Gasteiger charge is -2.31. The van der Waals surface area contributed by atoms with Gasteiger partial charge in [-0.25, -0.2) is 9.50 Å². The van der Waals surface area contributed by atoms with Crippen LogP contribution in [0.5, 0.6) is 0 Å². The lowest BCUT2D eigenvalue weighted by molar-refractivity contribution is 0.0889. The maximum atomic E-state index is 11.8. The molecular weight excluding hydrogens is 440 g/mol. The zero-order chi connectivity index (χ0) is 24.6. The van der Waals surface area contributed by atoms with E-state index in [4.69, 9.17) is 4.74 Å². The number of hydrogen-bond donors (Lipinski definition) is 2. The van der Waals surface area contributed by atoms with Crippen molar-refractivity contribution in [2.45, 2.75) is 27.7 Å². The third-order valence-electron chi connectivity index (χ3n) is 6.24. The Kier molecular flexibility index (Phi) is 5.84. The number of rotatable bonds is 4. The Morgan fingerprint density at radius 1 is 1.11 bits per heavy atom. The lowest BCUT2D eigenvalue weighted by atomic mass is 9.90. The Labute approximate surface area is 205 Å². The highest BCUT2D eigenvalue weighted by molar-refractivity contribution is 5.75. The summed E-state index contributed by atoms with van der Waals surface area (Å²) in [4.78, 5) is 21.4. The molecule has 8 nitrogen and oxygen atoms in total. The van der Waals surface area contributed by atoms with Crippen molar-refractivity contribution >= 4 is 11.3 Å². The molecule has 5 rings (SSSR count). The number of allylic oxidation sites excluding steroid dienone is 4. The summed E-state index contributed by atoms with van der Waals surface area (Å²) in [5.41, 5.74) is 5.09. The fourth-order valence-corrected chi connectivity index (χ4v) is 4.74. The Morgan fingerprint density at radius 3 is 2.80 bits per heavy atom. The molecule has 0 saturated carbocycles. The molecule has 8 heteroatoms. The zero-order valence-electron chi connectivity index (χ0n) is 20.7. The normalized spacial score (nSPS) is 19.6. The number of ether oxygens (including phenoxy) is 1. The highest BCUT2D eigenvalue weighted by Crippen LogP contribution is 2.32. The highest BCUT2D eigenvalue weighted by Gasteiger charge is 2.27. The number of aromatic amines is 1. The van der Waals surface area contributed by atoms with E-state index in [0.717, 1.165) is 48.9 Å². The molecule has 0 bridgehead atoms. The summed E-state index contributed by atoms with van der Waals surface area (Å²) in [6.45, 7) is 12.3. The molecule has 0 aromatic carbocycles. The van der Waals surface area contributed by atoms with Crippen molar-refractivity contribution in [3.05, 3.63) is 82.8 Å². The second-order valence-corrected chi connectivity index (χ2v) is 10.7. The second-order valence-electron chi connectivity index (χ2n) is 10.7. The number of pyridine rings is 2. The van der Waals surface area contributed by atoms with Crippen LogP contribution < -0.4 is 10.9 Å². The topological polar surface area (TPSA) is 87.5 Å². The largest absolute Gasteiger partial charge is 0.379 e. The van der Waals surface area contributed by atoms with Crippen LogP contribution in [0, 0.1) is 10.8 Å². The number of hydrogen-bond acceptors (Lipinski definition) is 6. The van der Waals surface area contributed by atoms with E-state index in [-0.39, 0.29) is 16.4 Å². The van der Waals surface area contributed by atoms with Crippen LogP contribution in [-0.2, 0) is 4.74 Å². The summed E-state index contributed by atoms with van der Waals surface area (Å²) in [7, 11) is 0. The molecule has 0 spiro atoms. The van der Waals surface area contributed by atoms with Crippen LogP contribution in [0.1, 0.15) is 27.7 Å². The molecule has 4 heterocycles. The van der Waals surface area contributed by atoms with Crippen LogP contribution in [0.2, 0.25) is 0 Å². The van der Waals surface area contributed by atoms with Gasteiger partial charge in [0.2, 0.25) is 5.56 Å². The van der Waals surface area contributed by atoms with Gasteiger partial charge in [-0.2, -0.15) is 5.10 Å². The summed E-state index contributed by atoms with van der Waals surface area (Å²) in [5.74, 6) is 0. The Bertz CT molecular complexity index is 1390. The van der Waals surface area contributed by atoms with Gasteiger partial charge >= 0.3 is 0 Å². The minimum atomic E-state index is -0.159. The average Bonchev–Trinajstić information content (AvgIpc) is 3.14. The van der Waals surface area contributed by atoms with Gasteiger partial charge < -0.3 is 19.9 Å². The predicted molar refractivity (Wildman–Crippen MR) is 138 cm³/mol. The van der Waals surface area contributed by atoms with Gasteiger partial charge in [0.25, 0.3) is 0 Å². The van der Waals surface area contributed by atoms with Crippen molar-refractivity contribution in [2.24, 2.45) is 10.8 Å². The maximum absolute atomic E-state index is 11.8.